The fourth-order valence-corrected chi connectivity index (χ4v) is 5.28. The zero-order valence-corrected chi connectivity index (χ0v) is 17.7. The standard InChI is InChI=1S/C21H25N5O2S/c1-16-22-20(24(2)3)15-21(23-16)25-11-13-26(14-12-25)29(27,28)19-10-6-8-17-7-4-5-9-18(17)19/h4-10,15H,11-14H2,1-3H3. The molecule has 1 fully saturated rings. The molecule has 29 heavy (non-hydrogen) atoms. The Morgan fingerprint density at radius 3 is 2.34 bits per heavy atom. The highest BCUT2D eigenvalue weighted by Gasteiger charge is 2.30. The molecular weight excluding hydrogens is 386 g/mol. The molecule has 1 aromatic heterocycles. The summed E-state index contributed by atoms with van der Waals surface area (Å²) >= 11 is 0. The molecule has 3 aromatic rings. The molecule has 0 amide bonds. The van der Waals surface area contributed by atoms with Crippen LogP contribution in [-0.4, -0.2) is 63.0 Å². The number of aromatic nitrogens is 2. The molecule has 2 aromatic carbocycles. The Bertz CT molecular complexity index is 1130. The smallest absolute Gasteiger partial charge is 0.243 e. The van der Waals surface area contributed by atoms with Crippen molar-refractivity contribution < 1.29 is 8.42 Å². The second-order valence-corrected chi connectivity index (χ2v) is 9.30. The Balaban J connectivity index is 1.57. The third-order valence-corrected chi connectivity index (χ3v) is 7.16. The highest BCUT2D eigenvalue weighted by Crippen LogP contribution is 2.27. The van der Waals surface area contributed by atoms with Crippen LogP contribution in [0.15, 0.2) is 53.4 Å². The highest BCUT2D eigenvalue weighted by molar-refractivity contribution is 7.89. The minimum absolute atomic E-state index is 0.372. The van der Waals surface area contributed by atoms with Gasteiger partial charge in [0.15, 0.2) is 0 Å². The van der Waals surface area contributed by atoms with Crippen LogP contribution in [0.3, 0.4) is 0 Å². The maximum absolute atomic E-state index is 13.3. The predicted molar refractivity (Wildman–Crippen MR) is 116 cm³/mol. The maximum Gasteiger partial charge on any atom is 0.243 e. The fourth-order valence-electron chi connectivity index (χ4n) is 3.64. The number of piperazine rings is 1. The van der Waals surface area contributed by atoms with Crippen molar-refractivity contribution in [2.75, 3.05) is 50.1 Å². The lowest BCUT2D eigenvalue weighted by Gasteiger charge is -2.35. The molecule has 1 aliphatic rings. The van der Waals surface area contributed by atoms with Crippen molar-refractivity contribution in [2.45, 2.75) is 11.8 Å². The van der Waals surface area contributed by atoms with Crippen LogP contribution in [0.25, 0.3) is 10.8 Å². The molecule has 8 heteroatoms. The van der Waals surface area contributed by atoms with E-state index in [-0.39, 0.29) is 0 Å². The van der Waals surface area contributed by atoms with Crippen molar-refractivity contribution in [1.82, 2.24) is 14.3 Å². The average molecular weight is 412 g/mol. The molecule has 2 heterocycles. The molecule has 7 nitrogen and oxygen atoms in total. The van der Waals surface area contributed by atoms with Gasteiger partial charge in [-0.2, -0.15) is 4.31 Å². The van der Waals surface area contributed by atoms with Crippen molar-refractivity contribution in [3.63, 3.8) is 0 Å². The van der Waals surface area contributed by atoms with Crippen molar-refractivity contribution in [1.29, 1.82) is 0 Å². The number of benzene rings is 2. The number of rotatable bonds is 4. The first-order valence-electron chi connectivity index (χ1n) is 9.62. The lowest BCUT2D eigenvalue weighted by Crippen LogP contribution is -2.49. The van der Waals surface area contributed by atoms with Gasteiger partial charge in [-0.05, 0) is 18.4 Å². The minimum Gasteiger partial charge on any atom is -0.363 e. The summed E-state index contributed by atoms with van der Waals surface area (Å²) < 4.78 is 28.2. The molecule has 0 aliphatic carbocycles. The quantitative estimate of drug-likeness (QED) is 0.657. The molecule has 0 radical (unpaired) electrons. The van der Waals surface area contributed by atoms with E-state index in [1.807, 2.05) is 62.3 Å². The summed E-state index contributed by atoms with van der Waals surface area (Å²) in [6.07, 6.45) is 0. The van der Waals surface area contributed by atoms with E-state index < -0.39 is 10.0 Å². The SMILES string of the molecule is Cc1nc(N(C)C)cc(N2CCN(S(=O)(=O)c3cccc4ccccc34)CC2)n1. The van der Waals surface area contributed by atoms with Crippen molar-refractivity contribution in [3.8, 4) is 0 Å². The van der Waals surface area contributed by atoms with Gasteiger partial charge in [0.2, 0.25) is 10.0 Å². The van der Waals surface area contributed by atoms with E-state index in [2.05, 4.69) is 14.9 Å². The first-order valence-corrected chi connectivity index (χ1v) is 11.1. The Kier molecular flexibility index (Phi) is 5.14. The van der Waals surface area contributed by atoms with Crippen LogP contribution in [0.5, 0.6) is 0 Å². The zero-order valence-electron chi connectivity index (χ0n) is 16.9. The van der Waals surface area contributed by atoms with Crippen LogP contribution in [0.4, 0.5) is 11.6 Å². The van der Waals surface area contributed by atoms with Gasteiger partial charge in [0.25, 0.3) is 0 Å². The molecule has 0 unspecified atom stereocenters. The van der Waals surface area contributed by atoms with Crippen LogP contribution in [0, 0.1) is 6.92 Å². The Morgan fingerprint density at radius 2 is 1.62 bits per heavy atom. The molecule has 1 saturated heterocycles. The van der Waals surface area contributed by atoms with E-state index in [1.54, 1.807) is 16.4 Å². The van der Waals surface area contributed by atoms with E-state index in [4.69, 9.17) is 0 Å². The summed E-state index contributed by atoms with van der Waals surface area (Å²) in [7, 11) is 0.331. The minimum atomic E-state index is -3.56. The van der Waals surface area contributed by atoms with Gasteiger partial charge in [0.05, 0.1) is 4.90 Å². The van der Waals surface area contributed by atoms with Gasteiger partial charge in [0.1, 0.15) is 17.5 Å². The molecule has 0 N–H and O–H groups in total. The highest BCUT2D eigenvalue weighted by atomic mass is 32.2. The summed E-state index contributed by atoms with van der Waals surface area (Å²) in [5, 5.41) is 1.69. The van der Waals surface area contributed by atoms with Gasteiger partial charge in [-0.15, -0.1) is 0 Å². The number of fused-ring (bicyclic) bond motifs is 1. The topological polar surface area (TPSA) is 69.6 Å². The molecule has 152 valence electrons. The largest absolute Gasteiger partial charge is 0.363 e. The van der Waals surface area contributed by atoms with Gasteiger partial charge in [0, 0.05) is 51.7 Å². The summed E-state index contributed by atoms with van der Waals surface area (Å²) in [5.41, 5.74) is 0. The third-order valence-electron chi connectivity index (χ3n) is 5.20. The molecule has 0 spiro atoms. The fraction of sp³-hybridized carbons (Fsp3) is 0.333. The van der Waals surface area contributed by atoms with E-state index in [0.717, 1.165) is 22.4 Å². The van der Waals surface area contributed by atoms with E-state index in [9.17, 15) is 8.42 Å². The normalized spacial score (nSPS) is 15.6. The summed E-state index contributed by atoms with van der Waals surface area (Å²) in [6.45, 7) is 3.90. The Hall–Kier alpha value is -2.71. The number of hydrogen-bond donors (Lipinski definition) is 0. The van der Waals surface area contributed by atoms with Crippen LogP contribution in [-0.2, 0) is 10.0 Å². The zero-order chi connectivity index (χ0) is 20.6. The van der Waals surface area contributed by atoms with Crippen molar-refractivity contribution >= 4 is 32.4 Å². The van der Waals surface area contributed by atoms with Crippen LogP contribution < -0.4 is 9.80 Å². The van der Waals surface area contributed by atoms with E-state index in [0.29, 0.717) is 36.9 Å². The summed E-state index contributed by atoms with van der Waals surface area (Å²) in [6, 6.07) is 15.0. The average Bonchev–Trinajstić information content (AvgIpc) is 2.73. The van der Waals surface area contributed by atoms with Gasteiger partial charge in [-0.1, -0.05) is 36.4 Å². The van der Waals surface area contributed by atoms with Crippen molar-refractivity contribution in [2.24, 2.45) is 0 Å². The Labute approximate surface area is 171 Å². The summed E-state index contributed by atoms with van der Waals surface area (Å²) in [4.78, 5) is 13.4. The summed E-state index contributed by atoms with van der Waals surface area (Å²) in [5.74, 6) is 2.39. The number of aryl methyl sites for hydroxylation is 1. The third kappa shape index (κ3) is 3.77. The monoisotopic (exact) mass is 411 g/mol. The second kappa shape index (κ2) is 7.61. The first-order chi connectivity index (χ1) is 13.9. The lowest BCUT2D eigenvalue weighted by molar-refractivity contribution is 0.384. The van der Waals surface area contributed by atoms with Crippen molar-refractivity contribution in [3.05, 3.63) is 54.4 Å². The van der Waals surface area contributed by atoms with Crippen LogP contribution in [0.1, 0.15) is 5.82 Å². The lowest BCUT2D eigenvalue weighted by atomic mass is 10.1. The van der Waals surface area contributed by atoms with E-state index in [1.165, 1.54) is 0 Å². The molecular formula is C21H25N5O2S. The second-order valence-electron chi connectivity index (χ2n) is 7.39. The number of anilines is 2. The predicted octanol–water partition coefficient (Wildman–Crippen LogP) is 2.52. The molecule has 1 aliphatic heterocycles. The first kappa shape index (κ1) is 19.6. The van der Waals surface area contributed by atoms with E-state index >= 15 is 0 Å². The van der Waals surface area contributed by atoms with Crippen LogP contribution >= 0.6 is 0 Å². The Morgan fingerprint density at radius 1 is 0.931 bits per heavy atom. The van der Waals surface area contributed by atoms with Crippen LogP contribution in [0.2, 0.25) is 0 Å². The molecule has 4 rings (SSSR count). The molecule has 0 atom stereocenters. The number of sulfonamides is 1. The molecule has 0 bridgehead atoms. The number of nitrogens with zero attached hydrogens (tertiary/aromatic N) is 5. The molecule has 0 saturated carbocycles. The van der Waals surface area contributed by atoms with Gasteiger partial charge in [-0.25, -0.2) is 18.4 Å². The van der Waals surface area contributed by atoms with Gasteiger partial charge in [-0.3, -0.25) is 0 Å². The van der Waals surface area contributed by atoms with Gasteiger partial charge < -0.3 is 9.80 Å². The number of hydrogen-bond acceptors (Lipinski definition) is 6. The maximum atomic E-state index is 13.3. The van der Waals surface area contributed by atoms with Gasteiger partial charge >= 0.3 is 0 Å².